The van der Waals surface area contributed by atoms with E-state index < -0.39 is 0 Å². The van der Waals surface area contributed by atoms with Gasteiger partial charge in [-0.25, -0.2) is 4.39 Å². The van der Waals surface area contributed by atoms with Gasteiger partial charge in [0.1, 0.15) is 23.9 Å². The van der Waals surface area contributed by atoms with Crippen molar-refractivity contribution in [2.45, 2.75) is 70.7 Å². The highest BCUT2D eigenvalue weighted by atomic mass is 19.1. The largest absolute Gasteiger partial charge is 0.474 e. The average molecular weight is 627 g/mol. The Morgan fingerprint density at radius 1 is 1.09 bits per heavy atom. The summed E-state index contributed by atoms with van der Waals surface area (Å²) in [6.45, 7) is 13.2. The molecule has 2 aromatic rings. The fourth-order valence-electron chi connectivity index (χ4n) is 6.44. The van der Waals surface area contributed by atoms with Crippen LogP contribution in [0.5, 0.6) is 5.88 Å². The number of rotatable bonds is 10. The first-order valence-corrected chi connectivity index (χ1v) is 16.0. The second-order valence-electron chi connectivity index (χ2n) is 12.7. The first-order chi connectivity index (χ1) is 21.6. The number of carbonyl (C=O) groups is 2. The van der Waals surface area contributed by atoms with Gasteiger partial charge in [-0.1, -0.05) is 12.1 Å². The van der Waals surface area contributed by atoms with Crippen LogP contribution >= 0.6 is 0 Å². The Kier molecular flexibility index (Phi) is 11.0. The zero-order chi connectivity index (χ0) is 32.1. The average Bonchev–Trinajstić information content (AvgIpc) is 3.00. The van der Waals surface area contributed by atoms with Gasteiger partial charge in [0, 0.05) is 62.9 Å². The third-order valence-corrected chi connectivity index (χ3v) is 8.91. The van der Waals surface area contributed by atoms with Crippen LogP contribution in [0.15, 0.2) is 30.3 Å². The molecule has 2 N–H and O–H groups in total. The normalized spacial score (nSPS) is 25.8. The molecule has 0 saturated carbocycles. The molecule has 0 aliphatic carbocycles. The van der Waals surface area contributed by atoms with Crippen molar-refractivity contribution in [3.05, 3.63) is 47.3 Å². The third kappa shape index (κ3) is 8.17. The molecule has 2 saturated heterocycles. The molecule has 0 unspecified atom stereocenters. The van der Waals surface area contributed by atoms with Crippen molar-refractivity contribution in [3.63, 3.8) is 0 Å². The molecule has 45 heavy (non-hydrogen) atoms. The molecule has 1 aromatic heterocycles. The van der Waals surface area contributed by atoms with Crippen molar-refractivity contribution < 1.29 is 28.2 Å². The maximum absolute atomic E-state index is 14.2. The Morgan fingerprint density at radius 3 is 2.53 bits per heavy atom. The highest BCUT2D eigenvalue weighted by Gasteiger charge is 2.37. The highest BCUT2D eigenvalue weighted by molar-refractivity contribution is 5.98. The molecule has 3 aliphatic heterocycles. The summed E-state index contributed by atoms with van der Waals surface area (Å²) in [5.74, 6) is 0.0519. The number of carbonyl (C=O) groups excluding carboxylic acids is 2. The number of piperazine rings is 1. The molecule has 0 bridgehead atoms. The number of nitrogens with zero attached hydrogens (tertiary/aromatic N) is 4. The number of pyridine rings is 1. The SMILES string of the molecule is COCCC(=O)Nc1nc2c(cc1Cc1ccc(F)cc1)N(C(=O)CN1C[C@@H](C)NC[C@@H]1CN1[C@H](C)COC[C@H]1C)[C@@H](C)CO2. The lowest BCUT2D eigenvalue weighted by atomic mass is 10.0. The van der Waals surface area contributed by atoms with E-state index in [9.17, 15) is 14.0 Å². The topological polar surface area (TPSA) is 108 Å². The molecule has 246 valence electrons. The van der Waals surface area contributed by atoms with Gasteiger partial charge >= 0.3 is 0 Å². The van der Waals surface area contributed by atoms with Crippen molar-refractivity contribution >= 4 is 23.3 Å². The third-order valence-electron chi connectivity index (χ3n) is 8.91. The van der Waals surface area contributed by atoms with Gasteiger partial charge in [-0.05, 0) is 51.5 Å². The van der Waals surface area contributed by atoms with E-state index in [4.69, 9.17) is 19.2 Å². The van der Waals surface area contributed by atoms with Gasteiger partial charge in [0.2, 0.25) is 17.7 Å². The lowest BCUT2D eigenvalue weighted by molar-refractivity contribution is -0.122. The van der Waals surface area contributed by atoms with E-state index in [-0.39, 0.29) is 61.9 Å². The van der Waals surface area contributed by atoms with Crippen LogP contribution in [0.2, 0.25) is 0 Å². The van der Waals surface area contributed by atoms with Crippen LogP contribution in [0.3, 0.4) is 0 Å². The first-order valence-electron chi connectivity index (χ1n) is 16.0. The number of amides is 2. The zero-order valence-corrected chi connectivity index (χ0v) is 27.1. The molecule has 4 heterocycles. The lowest BCUT2D eigenvalue weighted by Gasteiger charge is -2.46. The maximum Gasteiger partial charge on any atom is 0.241 e. The van der Waals surface area contributed by atoms with Gasteiger partial charge in [0.25, 0.3) is 0 Å². The monoisotopic (exact) mass is 626 g/mol. The molecule has 3 aliphatic rings. The fourth-order valence-corrected chi connectivity index (χ4v) is 6.44. The summed E-state index contributed by atoms with van der Waals surface area (Å²) in [7, 11) is 1.54. The number of nitrogens with one attached hydrogen (secondary N) is 2. The number of fused-ring (bicyclic) bond motifs is 1. The number of hydrogen-bond donors (Lipinski definition) is 2. The predicted octanol–water partition coefficient (Wildman–Crippen LogP) is 2.67. The summed E-state index contributed by atoms with van der Waals surface area (Å²) >= 11 is 0. The van der Waals surface area contributed by atoms with E-state index in [1.54, 1.807) is 17.0 Å². The number of aromatic nitrogens is 1. The van der Waals surface area contributed by atoms with Crippen LogP contribution in [0, 0.1) is 5.82 Å². The number of benzene rings is 1. The van der Waals surface area contributed by atoms with Crippen LogP contribution in [0.25, 0.3) is 0 Å². The van der Waals surface area contributed by atoms with Gasteiger partial charge in [-0.15, -0.1) is 0 Å². The Bertz CT molecular complexity index is 1320. The second-order valence-corrected chi connectivity index (χ2v) is 12.7. The van der Waals surface area contributed by atoms with E-state index >= 15 is 0 Å². The number of morpholine rings is 1. The van der Waals surface area contributed by atoms with Crippen molar-refractivity contribution in [2.24, 2.45) is 0 Å². The van der Waals surface area contributed by atoms with E-state index in [2.05, 4.69) is 41.2 Å². The molecule has 2 amide bonds. The predicted molar refractivity (Wildman–Crippen MR) is 170 cm³/mol. The minimum Gasteiger partial charge on any atom is -0.474 e. The number of hydrogen-bond acceptors (Lipinski definition) is 9. The molecule has 0 spiro atoms. The van der Waals surface area contributed by atoms with Gasteiger partial charge < -0.3 is 29.7 Å². The zero-order valence-electron chi connectivity index (χ0n) is 27.1. The van der Waals surface area contributed by atoms with Gasteiger partial charge in [0.05, 0.1) is 38.8 Å². The molecule has 0 radical (unpaired) electrons. The second kappa shape index (κ2) is 15.0. The van der Waals surface area contributed by atoms with Crippen LogP contribution in [-0.4, -0.2) is 117 Å². The summed E-state index contributed by atoms with van der Waals surface area (Å²) in [5, 5.41) is 6.49. The number of anilines is 2. The number of ether oxygens (including phenoxy) is 3. The van der Waals surface area contributed by atoms with Crippen molar-refractivity contribution in [1.29, 1.82) is 0 Å². The Morgan fingerprint density at radius 2 is 1.82 bits per heavy atom. The van der Waals surface area contributed by atoms with E-state index in [1.165, 1.54) is 19.2 Å². The fraction of sp³-hybridized carbons (Fsp3) is 0.606. The van der Waals surface area contributed by atoms with Crippen LogP contribution in [-0.2, 0) is 25.5 Å². The standard InChI is InChI=1S/C33H47FN6O5/c1-21-15-38(28(14-35-21)16-39-22(2)18-44-19-23(39)3)17-31(42)40-24(4)20-45-33-29(40)13-26(12-25-6-8-27(34)9-7-25)32(37-33)36-30(41)10-11-43-5/h6-9,13,21-24,28,35H,10-12,14-20H2,1-5H3,(H,36,37,41)/t21-,22-,23-,24+,28-/m1/s1. The Labute approximate surface area is 265 Å². The highest BCUT2D eigenvalue weighted by Crippen LogP contribution is 2.37. The van der Waals surface area contributed by atoms with E-state index in [1.807, 2.05) is 13.0 Å². The van der Waals surface area contributed by atoms with Crippen molar-refractivity contribution in [1.82, 2.24) is 20.1 Å². The molecular weight excluding hydrogens is 579 g/mol. The van der Waals surface area contributed by atoms with Gasteiger partial charge in [-0.3, -0.25) is 19.4 Å². The molecule has 1 aromatic carbocycles. The lowest BCUT2D eigenvalue weighted by Crippen LogP contribution is -2.63. The van der Waals surface area contributed by atoms with Gasteiger partial charge in [0.15, 0.2) is 0 Å². The summed E-state index contributed by atoms with van der Waals surface area (Å²) in [6, 6.07) is 8.93. The molecule has 11 nitrogen and oxygen atoms in total. The molecule has 5 rings (SSSR count). The molecule has 5 atom stereocenters. The van der Waals surface area contributed by atoms with Crippen LogP contribution < -0.4 is 20.3 Å². The Balaban J connectivity index is 1.41. The van der Waals surface area contributed by atoms with Crippen LogP contribution in [0.1, 0.15) is 45.2 Å². The van der Waals surface area contributed by atoms with Crippen molar-refractivity contribution in [2.75, 3.05) is 69.9 Å². The van der Waals surface area contributed by atoms with E-state index in [0.29, 0.717) is 54.7 Å². The minimum absolute atomic E-state index is 0.0272. The smallest absolute Gasteiger partial charge is 0.241 e. The maximum atomic E-state index is 14.2. The quantitative estimate of drug-likeness (QED) is 0.412. The van der Waals surface area contributed by atoms with Crippen LogP contribution in [0.4, 0.5) is 15.9 Å². The van der Waals surface area contributed by atoms with E-state index in [0.717, 1.165) is 25.2 Å². The van der Waals surface area contributed by atoms with Gasteiger partial charge in [-0.2, -0.15) is 4.98 Å². The first kappa shape index (κ1) is 33.2. The number of halogens is 1. The summed E-state index contributed by atoms with van der Waals surface area (Å²) in [5.41, 5.74) is 2.11. The Hall–Kier alpha value is -3.16. The summed E-state index contributed by atoms with van der Waals surface area (Å²) < 4.78 is 30.5. The molecule has 2 fully saturated rings. The summed E-state index contributed by atoms with van der Waals surface area (Å²) in [6.07, 6.45) is 0.546. The van der Waals surface area contributed by atoms with Crippen molar-refractivity contribution in [3.8, 4) is 5.88 Å². The molecular formula is C33H47FN6O5. The minimum atomic E-state index is -0.326. The molecule has 12 heteroatoms. The number of methoxy groups -OCH3 is 1. The summed E-state index contributed by atoms with van der Waals surface area (Å²) in [4.78, 5) is 38.2.